The van der Waals surface area contributed by atoms with Crippen molar-refractivity contribution in [2.45, 2.75) is 72.0 Å². The number of benzene rings is 1. The van der Waals surface area contributed by atoms with Crippen LogP contribution in [-0.4, -0.2) is 126 Å². The molecule has 3 saturated heterocycles. The molecule has 1 saturated carbocycles. The zero-order chi connectivity index (χ0) is 38.7. The molecule has 0 spiro atoms. The summed E-state index contributed by atoms with van der Waals surface area (Å²) in [6.07, 6.45) is -0.249. The summed E-state index contributed by atoms with van der Waals surface area (Å²) >= 11 is 1.38. The highest BCUT2D eigenvalue weighted by Crippen LogP contribution is 2.54. The number of ketones is 1. The number of methoxy groups -OCH3 is 2. The second-order valence-corrected chi connectivity index (χ2v) is 17.7. The first-order valence-electron chi connectivity index (χ1n) is 15.7. The molecule has 4 fully saturated rings. The van der Waals surface area contributed by atoms with Crippen LogP contribution >= 0.6 is 11.8 Å². The van der Waals surface area contributed by atoms with Gasteiger partial charge in [0.15, 0.2) is 15.5 Å². The normalized spacial score (nSPS) is 29.5. The monoisotopic (exact) mass is 764 g/mol. The molecule has 52 heavy (non-hydrogen) atoms. The third kappa shape index (κ3) is 5.98. The number of β-lactam (4-membered cyclic amide) rings is 1. The molecule has 1 aliphatic carbocycles. The molecular formula is C31H36N6O13S2. The van der Waals surface area contributed by atoms with Gasteiger partial charge in [-0.2, -0.15) is 0 Å². The van der Waals surface area contributed by atoms with Crippen molar-refractivity contribution < 1.29 is 61.7 Å². The zero-order valence-electron chi connectivity index (χ0n) is 28.4. The molecule has 3 aliphatic heterocycles. The molecule has 2 aromatic rings. The first-order valence-corrected chi connectivity index (χ1v) is 18.1. The van der Waals surface area contributed by atoms with Crippen LogP contribution in [0.2, 0.25) is 0 Å². The Bertz CT molecular complexity index is 1970. The van der Waals surface area contributed by atoms with Crippen LogP contribution in [0.4, 0.5) is 0 Å². The van der Waals surface area contributed by atoms with Crippen LogP contribution in [0.25, 0.3) is 0 Å². The van der Waals surface area contributed by atoms with Gasteiger partial charge >= 0.3 is 23.9 Å². The van der Waals surface area contributed by atoms with E-state index >= 15 is 0 Å². The molecule has 3 unspecified atom stereocenters. The Morgan fingerprint density at radius 3 is 2.19 bits per heavy atom. The van der Waals surface area contributed by atoms with E-state index in [0.29, 0.717) is 5.56 Å². The lowest BCUT2D eigenvalue weighted by molar-refractivity contribution is -0.161. The Hall–Kier alpha value is -4.89. The fraction of sp³-hybridized carbons (Fsp3) is 0.516. The summed E-state index contributed by atoms with van der Waals surface area (Å²) in [6, 6.07) is 6.38. The van der Waals surface area contributed by atoms with Crippen LogP contribution in [0, 0.1) is 11.8 Å². The van der Waals surface area contributed by atoms with Gasteiger partial charge in [-0.05, 0) is 26.3 Å². The summed E-state index contributed by atoms with van der Waals surface area (Å²) in [5.74, 6) is -8.46. The molecule has 4 heterocycles. The standard InChI is InChI=1S/C16H19N3O4S.C15H17N3O9S/c1-16(2)11(15(22)23)19-13(21)10(14(19)24-16)18-12(20)9(17)8-6-4-3-5-7-8;1-15(9(12(20)21)8-6(19)4-7(8)28(15,24)25)5-18-11(14(23)27-3)10(16-17-18)13(22)26-2/h3-7,9-11,14H,17H2,1-2H3,(H,18,20)(H,22,23);7-9H,4-5H2,1-3H3,(H,20,21)/t9?,10-,11+,14-;7?,8?,9-,15-/m10/s1. The average molecular weight is 765 g/mol. The van der Waals surface area contributed by atoms with Crippen LogP contribution in [0.1, 0.15) is 59.8 Å². The lowest BCUT2D eigenvalue weighted by atomic mass is 9.70. The number of hydrogen-bond donors (Lipinski definition) is 4. The largest absolute Gasteiger partial charge is 0.481 e. The fourth-order valence-electron chi connectivity index (χ4n) is 7.17. The number of ether oxygens (including phenoxy) is 2. The Morgan fingerprint density at radius 1 is 1.04 bits per heavy atom. The summed E-state index contributed by atoms with van der Waals surface area (Å²) in [5, 5.41) is 27.4. The summed E-state index contributed by atoms with van der Waals surface area (Å²) < 4.78 is 33.4. The number of carbonyl (C=O) groups is 7. The number of carboxylic acid groups (broad SMARTS) is 2. The van der Waals surface area contributed by atoms with E-state index in [2.05, 4.69) is 25.1 Å². The van der Waals surface area contributed by atoms with Gasteiger partial charge in [0, 0.05) is 17.1 Å². The first kappa shape index (κ1) is 38.3. The lowest BCUT2D eigenvalue weighted by Gasteiger charge is -2.43. The number of nitrogens with one attached hydrogen (secondary N) is 1. The third-order valence-electron chi connectivity index (χ3n) is 9.88. The second kappa shape index (κ2) is 13.6. The molecule has 6 rings (SSSR count). The molecule has 0 radical (unpaired) electrons. The van der Waals surface area contributed by atoms with Gasteiger partial charge in [-0.1, -0.05) is 35.5 Å². The maximum absolute atomic E-state index is 13.0. The van der Waals surface area contributed by atoms with E-state index in [1.807, 2.05) is 6.07 Å². The number of carbonyl (C=O) groups excluding carboxylic acids is 5. The number of carboxylic acids is 2. The number of fused-ring (bicyclic) bond motifs is 2. The van der Waals surface area contributed by atoms with E-state index in [-0.39, 0.29) is 17.7 Å². The Kier molecular flexibility index (Phi) is 10.0. The first-order chi connectivity index (χ1) is 24.2. The highest BCUT2D eigenvalue weighted by molar-refractivity contribution is 8.01. The maximum Gasteiger partial charge on any atom is 0.361 e. The zero-order valence-corrected chi connectivity index (χ0v) is 30.0. The summed E-state index contributed by atoms with van der Waals surface area (Å²) in [7, 11) is -1.99. The molecule has 280 valence electrons. The van der Waals surface area contributed by atoms with Crippen LogP contribution in [0.5, 0.6) is 0 Å². The predicted molar refractivity (Wildman–Crippen MR) is 177 cm³/mol. The van der Waals surface area contributed by atoms with Gasteiger partial charge in [-0.15, -0.1) is 16.9 Å². The lowest BCUT2D eigenvalue weighted by Crippen LogP contribution is -2.71. The van der Waals surface area contributed by atoms with Crippen LogP contribution < -0.4 is 11.1 Å². The number of rotatable bonds is 9. The molecular weight excluding hydrogens is 729 g/mol. The van der Waals surface area contributed by atoms with E-state index in [1.54, 1.807) is 38.1 Å². The van der Waals surface area contributed by atoms with E-state index in [9.17, 15) is 52.2 Å². The molecule has 19 nitrogen and oxygen atoms in total. The Labute approximate surface area is 300 Å². The maximum atomic E-state index is 13.0. The number of nitrogens with zero attached hydrogens (tertiary/aromatic N) is 4. The second-order valence-electron chi connectivity index (χ2n) is 13.3. The minimum absolute atomic E-state index is 0.249. The topological polar surface area (TPSA) is 285 Å². The smallest absolute Gasteiger partial charge is 0.361 e. The number of amides is 2. The minimum atomic E-state index is -4.08. The van der Waals surface area contributed by atoms with Crippen molar-refractivity contribution in [2.24, 2.45) is 17.6 Å². The van der Waals surface area contributed by atoms with Crippen LogP contribution in [0.3, 0.4) is 0 Å². The highest BCUT2D eigenvalue weighted by Gasteiger charge is 2.71. The van der Waals surface area contributed by atoms with E-state index in [1.165, 1.54) is 23.6 Å². The Morgan fingerprint density at radius 2 is 1.65 bits per heavy atom. The number of aliphatic carboxylic acids is 2. The van der Waals surface area contributed by atoms with E-state index < -0.39 is 108 Å². The molecule has 4 aliphatic rings. The van der Waals surface area contributed by atoms with Gasteiger partial charge in [0.25, 0.3) is 0 Å². The van der Waals surface area contributed by atoms with E-state index in [0.717, 1.165) is 18.9 Å². The highest BCUT2D eigenvalue weighted by atomic mass is 32.2. The number of esters is 2. The number of thioether (sulfide) groups is 1. The van der Waals surface area contributed by atoms with Crippen molar-refractivity contribution in [1.29, 1.82) is 0 Å². The molecule has 5 N–H and O–H groups in total. The number of Topliss-reactive ketones (excluding diaryl/α,β-unsaturated/α-hetero) is 1. The van der Waals surface area contributed by atoms with Crippen molar-refractivity contribution in [3.05, 3.63) is 47.3 Å². The average Bonchev–Trinajstić information content (AvgIpc) is 3.66. The Balaban J connectivity index is 0.000000203. The SMILES string of the molecule is CC1(C)S[C@@H]2[C@H](NC(=O)C(N)c3ccccc3)C(=O)N2[C@H]1C(=O)O.COC(=O)c1nnn(C[C@@]2(C)[C@H](C(=O)O)C3C(=O)CC3S2(=O)=O)c1C(=O)OC. The molecule has 8 atom stereocenters. The predicted octanol–water partition coefficient (Wildman–Crippen LogP) is -0.985. The summed E-state index contributed by atoms with van der Waals surface area (Å²) in [4.78, 5) is 85.2. The fourth-order valence-corrected chi connectivity index (χ4v) is 11.5. The van der Waals surface area contributed by atoms with Gasteiger partial charge in [-0.25, -0.2) is 27.5 Å². The van der Waals surface area contributed by atoms with Crippen molar-refractivity contribution in [3.8, 4) is 0 Å². The van der Waals surface area contributed by atoms with Crippen molar-refractivity contribution in [1.82, 2.24) is 25.2 Å². The number of nitrogens with two attached hydrogens (primary N) is 1. The number of aromatic nitrogens is 3. The molecule has 1 aromatic carbocycles. The van der Waals surface area contributed by atoms with Gasteiger partial charge in [0.05, 0.1) is 31.9 Å². The van der Waals surface area contributed by atoms with Gasteiger partial charge in [-0.3, -0.25) is 19.2 Å². The van der Waals surface area contributed by atoms with E-state index in [4.69, 9.17) is 5.73 Å². The van der Waals surface area contributed by atoms with Gasteiger partial charge in [0.1, 0.15) is 34.0 Å². The quantitative estimate of drug-likeness (QED) is 0.176. The summed E-state index contributed by atoms with van der Waals surface area (Å²) in [5.41, 5.74) is 5.62. The van der Waals surface area contributed by atoms with Crippen LogP contribution in [0.15, 0.2) is 30.3 Å². The van der Waals surface area contributed by atoms with Crippen LogP contribution in [-0.2, 0) is 49.8 Å². The van der Waals surface area contributed by atoms with Crippen molar-refractivity contribution in [2.75, 3.05) is 14.2 Å². The molecule has 21 heteroatoms. The number of sulfone groups is 1. The number of hydrogen-bond acceptors (Lipinski definition) is 15. The minimum Gasteiger partial charge on any atom is -0.481 e. The third-order valence-corrected chi connectivity index (χ3v) is 14.4. The van der Waals surface area contributed by atoms with Crippen molar-refractivity contribution in [3.63, 3.8) is 0 Å². The molecule has 2 amide bonds. The summed E-state index contributed by atoms with van der Waals surface area (Å²) in [6.45, 7) is 4.15. The van der Waals surface area contributed by atoms with Gasteiger partial charge < -0.3 is 35.6 Å². The van der Waals surface area contributed by atoms with Crippen molar-refractivity contribution >= 4 is 63.1 Å². The molecule has 1 aromatic heterocycles. The molecule has 0 bridgehead atoms. The van der Waals surface area contributed by atoms with Gasteiger partial charge in [0.2, 0.25) is 17.5 Å².